The van der Waals surface area contributed by atoms with Gasteiger partial charge in [0, 0.05) is 22.5 Å². The second-order valence-electron chi connectivity index (χ2n) is 4.86. The lowest BCUT2D eigenvalue weighted by molar-refractivity contribution is 0.202. The van der Waals surface area contributed by atoms with Crippen molar-refractivity contribution in [3.8, 4) is 0 Å². The molecule has 0 fully saturated rings. The van der Waals surface area contributed by atoms with Gasteiger partial charge < -0.3 is 4.74 Å². The van der Waals surface area contributed by atoms with Crippen molar-refractivity contribution in [2.24, 2.45) is 0 Å². The maximum absolute atomic E-state index is 13.8. The number of rotatable bonds is 6. The molecule has 112 valence electrons. The van der Waals surface area contributed by atoms with Crippen LogP contribution in [0.25, 0.3) is 0 Å². The quantitative estimate of drug-likeness (QED) is 0.622. The summed E-state index contributed by atoms with van der Waals surface area (Å²) in [4.78, 5) is 0.0309. The van der Waals surface area contributed by atoms with Crippen LogP contribution in [0.3, 0.4) is 0 Å². The minimum absolute atomic E-state index is 0.0309. The molecule has 0 bridgehead atoms. The number of alkyl halides is 1. The van der Waals surface area contributed by atoms with Gasteiger partial charge in [0.2, 0.25) is 0 Å². The van der Waals surface area contributed by atoms with Crippen molar-refractivity contribution < 1.29 is 9.13 Å². The van der Waals surface area contributed by atoms with Gasteiger partial charge in [0.1, 0.15) is 5.82 Å². The molecule has 0 saturated carbocycles. The monoisotopic (exact) mass is 370 g/mol. The van der Waals surface area contributed by atoms with Crippen LogP contribution in [0.1, 0.15) is 21.5 Å². The Hall–Kier alpha value is -0.900. The second-order valence-corrected chi connectivity index (χ2v) is 6.37. The lowest BCUT2D eigenvalue weighted by atomic mass is 10.0. The van der Waals surface area contributed by atoms with Gasteiger partial charge >= 0.3 is 0 Å². The molecule has 0 heterocycles. The number of hydrogen-bond acceptors (Lipinski definition) is 1. The molecule has 0 aliphatic rings. The van der Waals surface area contributed by atoms with Gasteiger partial charge in [-0.25, -0.2) is 4.39 Å². The molecule has 0 radical (unpaired) electrons. The van der Waals surface area contributed by atoms with Crippen molar-refractivity contribution in [3.63, 3.8) is 0 Å². The summed E-state index contributed by atoms with van der Waals surface area (Å²) < 4.78 is 18.9. The SMILES string of the molecule is COCCc1ccc(C(Br)Cc2c(F)cccc2Cl)cc1. The van der Waals surface area contributed by atoms with E-state index in [-0.39, 0.29) is 10.6 Å². The summed E-state index contributed by atoms with van der Waals surface area (Å²) in [5.41, 5.74) is 2.88. The maximum atomic E-state index is 13.8. The van der Waals surface area contributed by atoms with Gasteiger partial charge in [-0.15, -0.1) is 0 Å². The molecule has 2 aromatic rings. The highest BCUT2D eigenvalue weighted by Crippen LogP contribution is 2.31. The molecule has 0 aliphatic carbocycles. The van der Waals surface area contributed by atoms with E-state index >= 15 is 0 Å². The molecular weight excluding hydrogens is 355 g/mol. The first kappa shape index (κ1) is 16.5. The average molecular weight is 372 g/mol. The molecule has 0 spiro atoms. The Kier molecular flexibility index (Phi) is 6.22. The Labute approximate surface area is 138 Å². The summed E-state index contributed by atoms with van der Waals surface area (Å²) in [5, 5.41) is 0.469. The van der Waals surface area contributed by atoms with Crippen LogP contribution in [0.2, 0.25) is 5.02 Å². The zero-order valence-corrected chi connectivity index (χ0v) is 14.1. The first-order chi connectivity index (χ1) is 10.1. The molecule has 1 unspecified atom stereocenters. The molecular formula is C17H17BrClFO. The Morgan fingerprint density at radius 3 is 2.52 bits per heavy atom. The van der Waals surface area contributed by atoms with E-state index in [0.29, 0.717) is 23.6 Å². The Balaban J connectivity index is 2.08. The summed E-state index contributed by atoms with van der Waals surface area (Å²) >= 11 is 9.69. The van der Waals surface area contributed by atoms with E-state index in [1.54, 1.807) is 19.2 Å². The zero-order chi connectivity index (χ0) is 15.2. The standard InChI is InChI=1S/C17H17BrClFO/c1-21-10-9-12-5-7-13(8-6-12)15(18)11-14-16(19)3-2-4-17(14)20/h2-8,15H,9-11H2,1H3. The molecule has 4 heteroatoms. The molecule has 1 atom stereocenters. The smallest absolute Gasteiger partial charge is 0.127 e. The second kappa shape index (κ2) is 7.92. The van der Waals surface area contributed by atoms with E-state index in [0.717, 1.165) is 12.0 Å². The van der Waals surface area contributed by atoms with E-state index in [4.69, 9.17) is 16.3 Å². The van der Waals surface area contributed by atoms with Crippen LogP contribution in [0, 0.1) is 5.82 Å². The molecule has 21 heavy (non-hydrogen) atoms. The third-order valence-corrected chi connectivity index (χ3v) is 4.59. The molecule has 2 aromatic carbocycles. The fourth-order valence-electron chi connectivity index (χ4n) is 2.14. The minimum atomic E-state index is -0.260. The first-order valence-electron chi connectivity index (χ1n) is 6.76. The zero-order valence-electron chi connectivity index (χ0n) is 11.8. The van der Waals surface area contributed by atoms with Crippen molar-refractivity contribution in [2.45, 2.75) is 17.7 Å². The number of benzene rings is 2. The summed E-state index contributed by atoms with van der Waals surface area (Å²) in [5.74, 6) is -0.260. The highest BCUT2D eigenvalue weighted by atomic mass is 79.9. The van der Waals surface area contributed by atoms with Gasteiger partial charge in [-0.1, -0.05) is 57.9 Å². The normalized spacial score (nSPS) is 12.4. The van der Waals surface area contributed by atoms with E-state index in [2.05, 4.69) is 40.2 Å². The van der Waals surface area contributed by atoms with Crippen LogP contribution in [-0.2, 0) is 17.6 Å². The van der Waals surface area contributed by atoms with Gasteiger partial charge in [0.15, 0.2) is 0 Å². The van der Waals surface area contributed by atoms with E-state index in [9.17, 15) is 4.39 Å². The lowest BCUT2D eigenvalue weighted by Gasteiger charge is -2.13. The van der Waals surface area contributed by atoms with Crippen molar-refractivity contribution in [1.29, 1.82) is 0 Å². The van der Waals surface area contributed by atoms with Crippen LogP contribution < -0.4 is 0 Å². The predicted molar refractivity (Wildman–Crippen MR) is 88.8 cm³/mol. The predicted octanol–water partition coefficient (Wildman–Crippen LogP) is 5.35. The topological polar surface area (TPSA) is 9.23 Å². The van der Waals surface area contributed by atoms with Gasteiger partial charge in [-0.3, -0.25) is 0 Å². The van der Waals surface area contributed by atoms with Crippen LogP contribution >= 0.6 is 27.5 Å². The minimum Gasteiger partial charge on any atom is -0.384 e. The summed E-state index contributed by atoms with van der Waals surface area (Å²) in [6.07, 6.45) is 1.41. The van der Waals surface area contributed by atoms with Crippen LogP contribution in [0.5, 0.6) is 0 Å². The lowest BCUT2D eigenvalue weighted by Crippen LogP contribution is -2.00. The molecule has 0 aromatic heterocycles. The molecule has 1 nitrogen and oxygen atoms in total. The summed E-state index contributed by atoms with van der Waals surface area (Å²) in [6.45, 7) is 0.710. The van der Waals surface area contributed by atoms with Gasteiger partial charge in [0.25, 0.3) is 0 Å². The molecule has 2 rings (SSSR count). The Morgan fingerprint density at radius 2 is 1.90 bits per heavy atom. The summed E-state index contributed by atoms with van der Waals surface area (Å²) in [6, 6.07) is 13.0. The Morgan fingerprint density at radius 1 is 1.19 bits per heavy atom. The van der Waals surface area contributed by atoms with Crippen LogP contribution in [0.4, 0.5) is 4.39 Å². The molecule has 0 amide bonds. The van der Waals surface area contributed by atoms with Crippen LogP contribution in [0.15, 0.2) is 42.5 Å². The highest BCUT2D eigenvalue weighted by Gasteiger charge is 2.14. The Bertz CT molecular complexity index is 566. The number of methoxy groups -OCH3 is 1. The average Bonchev–Trinajstić information content (AvgIpc) is 2.49. The number of hydrogen-bond donors (Lipinski definition) is 0. The van der Waals surface area contributed by atoms with Crippen molar-refractivity contribution >= 4 is 27.5 Å². The number of ether oxygens (including phenoxy) is 1. The first-order valence-corrected chi connectivity index (χ1v) is 8.06. The largest absolute Gasteiger partial charge is 0.384 e. The third-order valence-electron chi connectivity index (χ3n) is 3.38. The highest BCUT2D eigenvalue weighted by molar-refractivity contribution is 9.09. The number of halogens is 3. The van der Waals surface area contributed by atoms with Gasteiger partial charge in [-0.05, 0) is 36.1 Å². The molecule has 0 N–H and O–H groups in total. The van der Waals surface area contributed by atoms with E-state index in [1.807, 2.05) is 0 Å². The van der Waals surface area contributed by atoms with E-state index < -0.39 is 0 Å². The molecule has 0 saturated heterocycles. The summed E-state index contributed by atoms with van der Waals surface area (Å²) in [7, 11) is 1.70. The van der Waals surface area contributed by atoms with Crippen molar-refractivity contribution in [3.05, 3.63) is 70.0 Å². The molecule has 0 aliphatic heterocycles. The van der Waals surface area contributed by atoms with Crippen molar-refractivity contribution in [2.75, 3.05) is 13.7 Å². The fourth-order valence-corrected chi connectivity index (χ4v) is 3.01. The van der Waals surface area contributed by atoms with E-state index in [1.165, 1.54) is 11.6 Å². The van der Waals surface area contributed by atoms with Gasteiger partial charge in [-0.2, -0.15) is 0 Å². The van der Waals surface area contributed by atoms with Crippen LogP contribution in [-0.4, -0.2) is 13.7 Å². The van der Waals surface area contributed by atoms with Crippen molar-refractivity contribution in [1.82, 2.24) is 0 Å². The maximum Gasteiger partial charge on any atom is 0.127 e. The third kappa shape index (κ3) is 4.53. The fraction of sp³-hybridized carbons (Fsp3) is 0.294. The van der Waals surface area contributed by atoms with Gasteiger partial charge in [0.05, 0.1) is 6.61 Å².